The second-order valence-electron chi connectivity index (χ2n) is 7.05. The second kappa shape index (κ2) is 7.33. The first-order chi connectivity index (χ1) is 15.3. The largest absolute Gasteiger partial charge is 0.361 e. The monoisotopic (exact) mass is 423 g/mol. The molecule has 0 fully saturated rings. The number of hydrogen-bond donors (Lipinski definition) is 2. The maximum atomic E-state index is 4.84. The quantitative estimate of drug-likeness (QED) is 0.406. The zero-order chi connectivity index (χ0) is 20.6. The number of fused-ring (bicyclic) bond motifs is 2. The van der Waals surface area contributed by atoms with Crippen LogP contribution in [0, 0.1) is 0 Å². The fraction of sp³-hybridized carbons (Fsp3) is 0.0435. The predicted octanol–water partition coefficient (Wildman–Crippen LogP) is 5.03. The molecule has 150 valence electrons. The molecule has 0 unspecified atom stereocenters. The minimum absolute atomic E-state index is 0.503. The zero-order valence-corrected chi connectivity index (χ0v) is 17.2. The Hall–Kier alpha value is -4.04. The molecular weight excluding hydrogens is 406 g/mol. The average molecular weight is 424 g/mol. The number of H-pyrrole nitrogens is 1. The van der Waals surface area contributed by atoms with Crippen molar-refractivity contribution in [3.8, 4) is 16.4 Å². The number of aromatic amines is 1. The van der Waals surface area contributed by atoms with E-state index in [0.29, 0.717) is 18.2 Å². The Morgan fingerprint density at radius 1 is 0.903 bits per heavy atom. The van der Waals surface area contributed by atoms with Gasteiger partial charge in [0.1, 0.15) is 12.2 Å². The molecule has 0 saturated carbocycles. The number of thiophene rings is 1. The van der Waals surface area contributed by atoms with Crippen LogP contribution in [0.3, 0.4) is 0 Å². The van der Waals surface area contributed by atoms with Gasteiger partial charge in [-0.1, -0.05) is 36.4 Å². The molecule has 6 aromatic rings. The van der Waals surface area contributed by atoms with Crippen molar-refractivity contribution < 1.29 is 0 Å². The smallest absolute Gasteiger partial charge is 0.174 e. The molecule has 0 amide bonds. The van der Waals surface area contributed by atoms with E-state index < -0.39 is 0 Å². The molecule has 0 saturated heterocycles. The number of benzene rings is 2. The van der Waals surface area contributed by atoms with Gasteiger partial charge in [0, 0.05) is 5.69 Å². The van der Waals surface area contributed by atoms with Crippen LogP contribution in [0.5, 0.6) is 0 Å². The summed E-state index contributed by atoms with van der Waals surface area (Å²) >= 11 is 1.61. The number of imidazole rings is 2. The van der Waals surface area contributed by atoms with Crippen molar-refractivity contribution in [2.75, 3.05) is 5.32 Å². The standard InChI is InChI=1S/C23H17N7S/c1-2-7-15(8-3-1)30-14-25-20-22(28-21(29-23(20)30)18-11-6-12-31-18)24-13-19-26-16-9-4-5-10-17(16)27-19/h1-12,14H,13H2,(H,26,27)(H,24,28,29). The van der Waals surface area contributed by atoms with Crippen LogP contribution in [-0.2, 0) is 6.54 Å². The Labute approximate surface area is 181 Å². The van der Waals surface area contributed by atoms with E-state index in [0.717, 1.165) is 38.6 Å². The lowest BCUT2D eigenvalue weighted by Gasteiger charge is -2.08. The third-order valence-corrected chi connectivity index (χ3v) is 5.90. The summed E-state index contributed by atoms with van der Waals surface area (Å²) in [6.07, 6.45) is 1.79. The van der Waals surface area contributed by atoms with Crippen LogP contribution in [0.2, 0.25) is 0 Å². The van der Waals surface area contributed by atoms with Crippen LogP contribution in [0.1, 0.15) is 5.82 Å². The van der Waals surface area contributed by atoms with Crippen molar-refractivity contribution >= 4 is 39.4 Å². The third-order valence-electron chi connectivity index (χ3n) is 5.03. The molecule has 8 heteroatoms. The summed E-state index contributed by atoms with van der Waals surface area (Å²) in [5, 5.41) is 5.44. The van der Waals surface area contributed by atoms with Gasteiger partial charge in [0.25, 0.3) is 0 Å². The fourth-order valence-electron chi connectivity index (χ4n) is 3.57. The molecule has 0 spiro atoms. The predicted molar refractivity (Wildman–Crippen MR) is 123 cm³/mol. The summed E-state index contributed by atoms with van der Waals surface area (Å²) in [5.41, 5.74) is 4.44. The summed E-state index contributed by atoms with van der Waals surface area (Å²) in [6, 6.07) is 22.1. The highest BCUT2D eigenvalue weighted by molar-refractivity contribution is 7.13. The topological polar surface area (TPSA) is 84.3 Å². The van der Waals surface area contributed by atoms with Gasteiger partial charge in [-0.05, 0) is 35.7 Å². The molecule has 4 heterocycles. The van der Waals surface area contributed by atoms with E-state index in [-0.39, 0.29) is 0 Å². The van der Waals surface area contributed by atoms with E-state index in [1.54, 1.807) is 17.7 Å². The number of nitrogens with one attached hydrogen (secondary N) is 2. The Morgan fingerprint density at radius 3 is 2.61 bits per heavy atom. The fourth-order valence-corrected chi connectivity index (χ4v) is 4.23. The minimum Gasteiger partial charge on any atom is -0.361 e. The molecule has 4 aromatic heterocycles. The van der Waals surface area contributed by atoms with Gasteiger partial charge in [0.15, 0.2) is 22.8 Å². The average Bonchev–Trinajstić information content (AvgIpc) is 3.57. The lowest BCUT2D eigenvalue weighted by atomic mass is 10.3. The van der Waals surface area contributed by atoms with E-state index in [1.165, 1.54) is 0 Å². The lowest BCUT2D eigenvalue weighted by molar-refractivity contribution is 0.997. The molecule has 0 radical (unpaired) electrons. The van der Waals surface area contributed by atoms with E-state index in [2.05, 4.69) is 20.3 Å². The number of hydrogen-bond acceptors (Lipinski definition) is 6. The first-order valence-corrected chi connectivity index (χ1v) is 10.7. The molecule has 31 heavy (non-hydrogen) atoms. The highest BCUT2D eigenvalue weighted by atomic mass is 32.1. The van der Waals surface area contributed by atoms with Crippen molar-refractivity contribution in [2.24, 2.45) is 0 Å². The Kier molecular flexibility index (Phi) is 4.21. The van der Waals surface area contributed by atoms with E-state index in [1.807, 2.05) is 76.7 Å². The molecule has 6 rings (SSSR count). The van der Waals surface area contributed by atoms with Crippen molar-refractivity contribution in [1.82, 2.24) is 29.5 Å². The number of para-hydroxylation sites is 3. The van der Waals surface area contributed by atoms with Crippen molar-refractivity contribution in [2.45, 2.75) is 6.54 Å². The SMILES string of the molecule is c1ccc(-n2cnc3c(NCc4nc5ccccc5[nH]4)nc(-c4cccs4)nc32)cc1. The van der Waals surface area contributed by atoms with Crippen LogP contribution >= 0.6 is 11.3 Å². The second-order valence-corrected chi connectivity index (χ2v) is 8.00. The van der Waals surface area contributed by atoms with Gasteiger partial charge in [-0.2, -0.15) is 0 Å². The molecule has 2 N–H and O–H groups in total. The highest BCUT2D eigenvalue weighted by Crippen LogP contribution is 2.28. The maximum Gasteiger partial charge on any atom is 0.174 e. The molecule has 0 aliphatic rings. The van der Waals surface area contributed by atoms with Gasteiger partial charge >= 0.3 is 0 Å². The van der Waals surface area contributed by atoms with Gasteiger partial charge in [-0.25, -0.2) is 19.9 Å². The maximum absolute atomic E-state index is 4.84. The number of anilines is 1. The summed E-state index contributed by atoms with van der Waals surface area (Å²) in [6.45, 7) is 0.503. The Balaban J connectivity index is 1.44. The highest BCUT2D eigenvalue weighted by Gasteiger charge is 2.16. The molecule has 0 aliphatic heterocycles. The minimum atomic E-state index is 0.503. The first-order valence-electron chi connectivity index (χ1n) is 9.87. The van der Waals surface area contributed by atoms with Crippen molar-refractivity contribution in [1.29, 1.82) is 0 Å². The van der Waals surface area contributed by atoms with Crippen molar-refractivity contribution in [3.63, 3.8) is 0 Å². The number of rotatable bonds is 5. The summed E-state index contributed by atoms with van der Waals surface area (Å²) in [5.74, 6) is 2.20. The summed E-state index contributed by atoms with van der Waals surface area (Å²) in [4.78, 5) is 23.3. The molecular formula is C23H17N7S. The summed E-state index contributed by atoms with van der Waals surface area (Å²) < 4.78 is 1.99. The van der Waals surface area contributed by atoms with Gasteiger partial charge < -0.3 is 10.3 Å². The normalized spacial score (nSPS) is 11.4. The Morgan fingerprint density at radius 2 is 1.77 bits per heavy atom. The molecule has 0 bridgehead atoms. The molecule has 7 nitrogen and oxygen atoms in total. The van der Waals surface area contributed by atoms with Crippen LogP contribution in [0.25, 0.3) is 38.6 Å². The van der Waals surface area contributed by atoms with E-state index >= 15 is 0 Å². The van der Waals surface area contributed by atoms with Gasteiger partial charge in [0.2, 0.25) is 0 Å². The third kappa shape index (κ3) is 3.23. The molecule has 0 atom stereocenters. The number of nitrogens with zero attached hydrogens (tertiary/aromatic N) is 5. The van der Waals surface area contributed by atoms with E-state index in [9.17, 15) is 0 Å². The van der Waals surface area contributed by atoms with Crippen LogP contribution in [0.4, 0.5) is 5.82 Å². The van der Waals surface area contributed by atoms with Gasteiger partial charge in [-0.3, -0.25) is 4.57 Å². The van der Waals surface area contributed by atoms with Crippen LogP contribution < -0.4 is 5.32 Å². The zero-order valence-electron chi connectivity index (χ0n) is 16.4. The van der Waals surface area contributed by atoms with Crippen LogP contribution in [0.15, 0.2) is 78.4 Å². The molecule has 2 aromatic carbocycles. The van der Waals surface area contributed by atoms with E-state index in [4.69, 9.17) is 9.97 Å². The first kappa shape index (κ1) is 17.8. The van der Waals surface area contributed by atoms with Gasteiger partial charge in [-0.15, -0.1) is 11.3 Å². The Bertz CT molecular complexity index is 1450. The number of aromatic nitrogens is 6. The van der Waals surface area contributed by atoms with Crippen molar-refractivity contribution in [3.05, 3.63) is 84.3 Å². The molecule has 0 aliphatic carbocycles. The lowest BCUT2D eigenvalue weighted by Crippen LogP contribution is -2.06. The van der Waals surface area contributed by atoms with Gasteiger partial charge in [0.05, 0.1) is 22.5 Å². The van der Waals surface area contributed by atoms with Crippen LogP contribution in [-0.4, -0.2) is 29.5 Å². The summed E-state index contributed by atoms with van der Waals surface area (Å²) in [7, 11) is 0.